The number of nitrogens with one attached hydrogen (secondary N) is 2. The molecule has 1 aromatic heterocycles. The van der Waals surface area contributed by atoms with Crippen LogP contribution in [0.15, 0.2) is 83.3 Å². The number of anilines is 1. The van der Waals surface area contributed by atoms with Gasteiger partial charge in [0.15, 0.2) is 5.58 Å². The maximum Gasteiger partial charge on any atom is 0.325 e. The first-order chi connectivity index (χ1) is 16.5. The molecule has 0 spiro atoms. The Bertz CT molecular complexity index is 1350. The van der Waals surface area contributed by atoms with Crippen LogP contribution >= 0.6 is 0 Å². The van der Waals surface area contributed by atoms with Gasteiger partial charge in [-0.05, 0) is 48.4 Å². The Kier molecular flexibility index (Phi) is 5.33. The number of hydrogen-bond acceptors (Lipinski definition) is 5. The van der Waals surface area contributed by atoms with Gasteiger partial charge in [-0.15, -0.1) is 0 Å². The molecule has 0 aliphatic carbocycles. The van der Waals surface area contributed by atoms with Gasteiger partial charge in [-0.3, -0.25) is 14.5 Å². The fourth-order valence-electron chi connectivity index (χ4n) is 4.17. The molecule has 3 aromatic carbocycles. The van der Waals surface area contributed by atoms with Crippen molar-refractivity contribution in [2.45, 2.75) is 18.9 Å². The number of oxazole rings is 1. The summed E-state index contributed by atoms with van der Waals surface area (Å²) in [7, 11) is 0. The lowest BCUT2D eigenvalue weighted by Crippen LogP contribution is -2.44. The molecule has 4 amide bonds. The minimum atomic E-state index is -1.17. The van der Waals surface area contributed by atoms with Crippen molar-refractivity contribution in [1.29, 1.82) is 0 Å². The van der Waals surface area contributed by atoms with E-state index in [1.54, 1.807) is 36.4 Å². The quantitative estimate of drug-likeness (QED) is 0.423. The van der Waals surface area contributed by atoms with E-state index in [0.29, 0.717) is 29.1 Å². The summed E-state index contributed by atoms with van der Waals surface area (Å²) in [5.41, 5.74) is 2.28. The van der Waals surface area contributed by atoms with Gasteiger partial charge in [-0.25, -0.2) is 9.78 Å². The topological polar surface area (TPSA) is 105 Å². The first kappa shape index (κ1) is 21.4. The average Bonchev–Trinajstić information content (AvgIpc) is 3.40. The molecule has 1 aliphatic heterocycles. The monoisotopic (exact) mass is 454 g/mol. The highest BCUT2D eigenvalue weighted by Crippen LogP contribution is 2.32. The number of nitrogens with zero attached hydrogens (tertiary/aromatic N) is 2. The fraction of sp³-hybridized carbons (Fsp3) is 0.154. The summed E-state index contributed by atoms with van der Waals surface area (Å²) in [4.78, 5) is 43.8. The zero-order valence-electron chi connectivity index (χ0n) is 18.4. The lowest BCUT2D eigenvalue weighted by atomic mass is 9.87. The number of carbonyl (C=O) groups excluding carboxylic acids is 3. The third-order valence-corrected chi connectivity index (χ3v) is 5.98. The third kappa shape index (κ3) is 3.69. The Balaban J connectivity index is 1.28. The van der Waals surface area contributed by atoms with Crippen molar-refractivity contribution in [2.24, 2.45) is 0 Å². The van der Waals surface area contributed by atoms with Gasteiger partial charge in [0.05, 0.1) is 0 Å². The molecule has 8 nitrogen and oxygen atoms in total. The highest BCUT2D eigenvalue weighted by Gasteiger charge is 2.51. The third-order valence-electron chi connectivity index (χ3n) is 5.98. The summed E-state index contributed by atoms with van der Waals surface area (Å²) in [6, 6.07) is 23.0. The van der Waals surface area contributed by atoms with Gasteiger partial charge >= 0.3 is 6.03 Å². The number of amides is 4. The van der Waals surface area contributed by atoms with Crippen LogP contribution < -0.4 is 10.6 Å². The van der Waals surface area contributed by atoms with Gasteiger partial charge in [0, 0.05) is 11.3 Å². The van der Waals surface area contributed by atoms with E-state index < -0.39 is 23.4 Å². The van der Waals surface area contributed by atoms with E-state index in [1.807, 2.05) is 49.4 Å². The maximum atomic E-state index is 13.2. The lowest BCUT2D eigenvalue weighted by Gasteiger charge is -2.25. The number of hydrogen-bond donors (Lipinski definition) is 2. The molecule has 1 unspecified atom stereocenters. The van der Waals surface area contributed by atoms with Crippen molar-refractivity contribution < 1.29 is 18.8 Å². The molecular formula is C26H22N4O4. The van der Waals surface area contributed by atoms with Crippen LogP contribution in [0.5, 0.6) is 0 Å². The predicted molar refractivity (Wildman–Crippen MR) is 127 cm³/mol. The first-order valence-corrected chi connectivity index (χ1v) is 11.0. The number of rotatable bonds is 6. The van der Waals surface area contributed by atoms with Gasteiger partial charge in [0.1, 0.15) is 17.6 Å². The zero-order chi connectivity index (χ0) is 23.7. The Morgan fingerprint density at radius 1 is 1.00 bits per heavy atom. The standard InChI is InChI=1S/C26H22N4O4/c1-2-26(18-8-4-3-5-9-18)24(32)30(25(33)29-26)16-22(31)27-19-14-12-17(13-15-19)23-28-20-10-6-7-11-21(20)34-23/h3-15H,2,16H2,1H3,(H,27,31)(H,29,33). The van der Waals surface area contributed by atoms with Crippen LogP contribution in [-0.2, 0) is 15.1 Å². The van der Waals surface area contributed by atoms with Crippen molar-refractivity contribution >= 4 is 34.6 Å². The highest BCUT2D eigenvalue weighted by molar-refractivity contribution is 6.10. The second-order valence-corrected chi connectivity index (χ2v) is 8.06. The van der Waals surface area contributed by atoms with Crippen molar-refractivity contribution in [1.82, 2.24) is 15.2 Å². The van der Waals surface area contributed by atoms with Crippen molar-refractivity contribution in [3.8, 4) is 11.5 Å². The predicted octanol–water partition coefficient (Wildman–Crippen LogP) is 4.29. The Labute approximate surface area is 195 Å². The van der Waals surface area contributed by atoms with Crippen LogP contribution in [0, 0.1) is 0 Å². The molecule has 2 N–H and O–H groups in total. The molecule has 8 heteroatoms. The number of urea groups is 1. The van der Waals surface area contributed by atoms with Gasteiger partial charge in [0.25, 0.3) is 5.91 Å². The molecule has 1 fully saturated rings. The molecular weight excluding hydrogens is 432 g/mol. The van der Waals surface area contributed by atoms with Crippen LogP contribution in [0.3, 0.4) is 0 Å². The number of carbonyl (C=O) groups is 3. The number of aromatic nitrogens is 1. The van der Waals surface area contributed by atoms with E-state index in [-0.39, 0.29) is 6.54 Å². The summed E-state index contributed by atoms with van der Waals surface area (Å²) < 4.78 is 5.77. The van der Waals surface area contributed by atoms with Gasteiger partial charge in [-0.1, -0.05) is 49.4 Å². The Morgan fingerprint density at radius 3 is 2.41 bits per heavy atom. The molecule has 1 saturated heterocycles. The number of para-hydroxylation sites is 2. The minimum Gasteiger partial charge on any atom is -0.436 e. The van der Waals surface area contributed by atoms with Crippen LogP contribution in [0.25, 0.3) is 22.6 Å². The second-order valence-electron chi connectivity index (χ2n) is 8.06. The molecule has 1 atom stereocenters. The van der Waals surface area contributed by atoms with Gasteiger partial charge < -0.3 is 15.1 Å². The summed E-state index contributed by atoms with van der Waals surface area (Å²) in [6.45, 7) is 1.44. The van der Waals surface area contributed by atoms with E-state index in [4.69, 9.17) is 4.42 Å². The summed E-state index contributed by atoms with van der Waals surface area (Å²) >= 11 is 0. The molecule has 0 radical (unpaired) electrons. The summed E-state index contributed by atoms with van der Waals surface area (Å²) in [5, 5.41) is 5.52. The molecule has 4 aromatic rings. The largest absolute Gasteiger partial charge is 0.436 e. The van der Waals surface area contributed by atoms with E-state index >= 15 is 0 Å². The number of benzene rings is 3. The van der Waals surface area contributed by atoms with Crippen molar-refractivity contribution in [3.63, 3.8) is 0 Å². The molecule has 0 bridgehead atoms. The van der Waals surface area contributed by atoms with Crippen molar-refractivity contribution in [3.05, 3.63) is 84.4 Å². The van der Waals surface area contributed by atoms with E-state index in [1.165, 1.54) is 0 Å². The van der Waals surface area contributed by atoms with Crippen LogP contribution in [-0.4, -0.2) is 34.3 Å². The summed E-state index contributed by atoms with van der Waals surface area (Å²) in [6.07, 6.45) is 0.372. The molecule has 5 rings (SSSR count). The Morgan fingerprint density at radius 2 is 1.71 bits per heavy atom. The van der Waals surface area contributed by atoms with E-state index in [9.17, 15) is 14.4 Å². The van der Waals surface area contributed by atoms with Crippen molar-refractivity contribution in [2.75, 3.05) is 11.9 Å². The molecule has 2 heterocycles. The molecule has 34 heavy (non-hydrogen) atoms. The first-order valence-electron chi connectivity index (χ1n) is 11.0. The highest BCUT2D eigenvalue weighted by atomic mass is 16.3. The number of imide groups is 1. The van der Waals surface area contributed by atoms with E-state index in [2.05, 4.69) is 15.6 Å². The normalized spacial score (nSPS) is 17.7. The molecule has 170 valence electrons. The average molecular weight is 454 g/mol. The second kappa shape index (κ2) is 8.47. The van der Waals surface area contributed by atoms with Crippen LogP contribution in [0.1, 0.15) is 18.9 Å². The SMILES string of the molecule is CCC1(c2ccccc2)NC(=O)N(CC(=O)Nc2ccc(-c3nc4ccccc4o3)cc2)C1=O. The zero-order valence-corrected chi connectivity index (χ0v) is 18.4. The van der Waals surface area contributed by atoms with E-state index in [0.717, 1.165) is 16.0 Å². The smallest absolute Gasteiger partial charge is 0.325 e. The van der Waals surface area contributed by atoms with Gasteiger partial charge in [-0.2, -0.15) is 0 Å². The molecule has 1 aliphatic rings. The maximum absolute atomic E-state index is 13.2. The lowest BCUT2D eigenvalue weighted by molar-refractivity contribution is -0.134. The number of fused-ring (bicyclic) bond motifs is 1. The molecule has 0 saturated carbocycles. The Hall–Kier alpha value is -4.46. The minimum absolute atomic E-state index is 0.372. The van der Waals surface area contributed by atoms with Gasteiger partial charge in [0.2, 0.25) is 11.8 Å². The summed E-state index contributed by atoms with van der Waals surface area (Å²) in [5.74, 6) is -0.430. The fourth-order valence-corrected chi connectivity index (χ4v) is 4.17. The van der Waals surface area contributed by atoms with Crippen LogP contribution in [0.4, 0.5) is 10.5 Å². The van der Waals surface area contributed by atoms with Crippen LogP contribution in [0.2, 0.25) is 0 Å².